The van der Waals surface area contributed by atoms with E-state index in [0.29, 0.717) is 0 Å². The molecule has 70 valence electrons. The van der Waals surface area contributed by atoms with E-state index in [9.17, 15) is 0 Å². The second kappa shape index (κ2) is 5.36. The quantitative estimate of drug-likeness (QED) is 0.490. The topological polar surface area (TPSA) is 12.0 Å². The first kappa shape index (κ1) is 9.79. The number of hydrogen-bond donors (Lipinski definition) is 1. The molecular weight excluding hydrogens is 146 g/mol. The van der Waals surface area contributed by atoms with Crippen molar-refractivity contribution in [1.29, 1.82) is 0 Å². The minimum Gasteiger partial charge on any atom is -0.316 e. The Morgan fingerprint density at radius 2 is 2.33 bits per heavy atom. The molecule has 0 aromatic carbocycles. The van der Waals surface area contributed by atoms with Crippen LogP contribution in [0.4, 0.5) is 0 Å². The highest BCUT2D eigenvalue weighted by Crippen LogP contribution is 2.29. The molecule has 12 heavy (non-hydrogen) atoms. The lowest BCUT2D eigenvalue weighted by atomic mass is 10.1. The molecule has 1 fully saturated rings. The lowest BCUT2D eigenvalue weighted by Gasteiger charge is -2.09. The van der Waals surface area contributed by atoms with Crippen molar-refractivity contribution in [3.05, 3.63) is 12.7 Å². The smallest absolute Gasteiger partial charge is 0.00143 e. The Bertz CT molecular complexity index is 131. The fourth-order valence-electron chi connectivity index (χ4n) is 2.02. The summed E-state index contributed by atoms with van der Waals surface area (Å²) in [7, 11) is 0. The summed E-state index contributed by atoms with van der Waals surface area (Å²) in [6.45, 7) is 8.39. The molecule has 1 N–H and O–H groups in total. The summed E-state index contributed by atoms with van der Waals surface area (Å²) in [6.07, 6.45) is 7.38. The van der Waals surface area contributed by atoms with Gasteiger partial charge >= 0.3 is 0 Å². The van der Waals surface area contributed by atoms with Gasteiger partial charge in [-0.3, -0.25) is 0 Å². The molecular formula is C11H21N. The first-order valence-electron chi connectivity index (χ1n) is 5.14. The maximum Gasteiger partial charge on any atom is -0.00143 e. The van der Waals surface area contributed by atoms with Crippen molar-refractivity contribution in [3.8, 4) is 0 Å². The summed E-state index contributed by atoms with van der Waals surface area (Å²) in [4.78, 5) is 0. The maximum absolute atomic E-state index is 3.70. The second-order valence-corrected chi connectivity index (χ2v) is 4.07. The first-order valence-corrected chi connectivity index (χ1v) is 5.14. The average molecular weight is 167 g/mol. The van der Waals surface area contributed by atoms with Gasteiger partial charge < -0.3 is 5.32 Å². The number of rotatable bonds is 5. The summed E-state index contributed by atoms with van der Waals surface area (Å²) < 4.78 is 0. The van der Waals surface area contributed by atoms with Gasteiger partial charge in [-0.25, -0.2) is 0 Å². The lowest BCUT2D eigenvalue weighted by Crippen LogP contribution is -2.22. The summed E-state index contributed by atoms with van der Waals surface area (Å²) in [5.41, 5.74) is 0. The minimum absolute atomic E-state index is 0.949. The van der Waals surface area contributed by atoms with E-state index < -0.39 is 0 Å². The Kier molecular flexibility index (Phi) is 4.37. The molecule has 1 rings (SSSR count). The molecule has 0 aromatic rings. The third-order valence-corrected chi connectivity index (χ3v) is 2.76. The Hall–Kier alpha value is -0.300. The van der Waals surface area contributed by atoms with E-state index in [-0.39, 0.29) is 0 Å². The predicted molar refractivity (Wildman–Crippen MR) is 54.2 cm³/mol. The molecule has 2 atom stereocenters. The van der Waals surface area contributed by atoms with E-state index in [2.05, 4.69) is 18.8 Å². The molecule has 1 aliphatic rings. The average Bonchev–Trinajstić information content (AvgIpc) is 2.45. The van der Waals surface area contributed by atoms with Crippen molar-refractivity contribution in [1.82, 2.24) is 5.32 Å². The van der Waals surface area contributed by atoms with Crippen LogP contribution in [0.1, 0.15) is 32.6 Å². The molecule has 1 nitrogen and oxygen atoms in total. The van der Waals surface area contributed by atoms with E-state index >= 15 is 0 Å². The van der Waals surface area contributed by atoms with Crippen LogP contribution in [0.2, 0.25) is 0 Å². The summed E-state index contributed by atoms with van der Waals surface area (Å²) in [6, 6.07) is 0. The van der Waals surface area contributed by atoms with Crippen LogP contribution in [0, 0.1) is 11.8 Å². The fourth-order valence-corrected chi connectivity index (χ4v) is 2.02. The molecule has 0 aliphatic heterocycles. The van der Waals surface area contributed by atoms with Crippen LogP contribution in [0.15, 0.2) is 12.7 Å². The van der Waals surface area contributed by atoms with Gasteiger partial charge in [0.1, 0.15) is 0 Å². The van der Waals surface area contributed by atoms with Crippen LogP contribution in [0.3, 0.4) is 0 Å². The van der Waals surface area contributed by atoms with Gasteiger partial charge in [0, 0.05) is 0 Å². The first-order chi connectivity index (χ1) is 5.83. The molecule has 0 spiro atoms. The summed E-state index contributed by atoms with van der Waals surface area (Å²) in [5, 5.41) is 3.48. The molecule has 0 heterocycles. The fraction of sp³-hybridized carbons (Fsp3) is 0.818. The van der Waals surface area contributed by atoms with Crippen molar-refractivity contribution in [3.63, 3.8) is 0 Å². The Morgan fingerprint density at radius 3 is 2.92 bits per heavy atom. The molecule has 0 amide bonds. The summed E-state index contributed by atoms with van der Waals surface area (Å²) in [5.74, 6) is 1.92. The highest BCUT2D eigenvalue weighted by atomic mass is 14.9. The van der Waals surface area contributed by atoms with E-state index in [1.165, 1.54) is 25.8 Å². The van der Waals surface area contributed by atoms with E-state index in [4.69, 9.17) is 0 Å². The number of hydrogen-bond acceptors (Lipinski definition) is 1. The van der Waals surface area contributed by atoms with E-state index in [0.717, 1.165) is 24.8 Å². The van der Waals surface area contributed by atoms with Crippen molar-refractivity contribution in [2.45, 2.75) is 32.6 Å². The van der Waals surface area contributed by atoms with Gasteiger partial charge in [-0.05, 0) is 44.2 Å². The molecule has 2 unspecified atom stereocenters. The van der Waals surface area contributed by atoms with Gasteiger partial charge in [-0.15, -0.1) is 6.58 Å². The van der Waals surface area contributed by atoms with Gasteiger partial charge in [0.25, 0.3) is 0 Å². The van der Waals surface area contributed by atoms with Crippen LogP contribution >= 0.6 is 0 Å². The minimum atomic E-state index is 0.949. The van der Waals surface area contributed by atoms with Gasteiger partial charge in [-0.2, -0.15) is 0 Å². The third-order valence-electron chi connectivity index (χ3n) is 2.76. The molecule has 1 aliphatic carbocycles. The van der Waals surface area contributed by atoms with Crippen LogP contribution in [-0.2, 0) is 0 Å². The van der Waals surface area contributed by atoms with Crippen molar-refractivity contribution in [2.24, 2.45) is 11.8 Å². The summed E-state index contributed by atoms with van der Waals surface area (Å²) >= 11 is 0. The van der Waals surface area contributed by atoms with Crippen molar-refractivity contribution < 1.29 is 0 Å². The van der Waals surface area contributed by atoms with E-state index in [1.807, 2.05) is 6.08 Å². The molecule has 1 saturated carbocycles. The van der Waals surface area contributed by atoms with Crippen LogP contribution in [-0.4, -0.2) is 13.1 Å². The molecule has 0 saturated heterocycles. The number of nitrogens with one attached hydrogen (secondary N) is 1. The zero-order valence-corrected chi connectivity index (χ0v) is 8.18. The van der Waals surface area contributed by atoms with Crippen LogP contribution in [0.25, 0.3) is 0 Å². The largest absolute Gasteiger partial charge is 0.316 e. The SMILES string of the molecule is C=CCCNCC1CCC(C)C1. The van der Waals surface area contributed by atoms with Crippen molar-refractivity contribution in [2.75, 3.05) is 13.1 Å². The highest BCUT2D eigenvalue weighted by Gasteiger charge is 2.20. The van der Waals surface area contributed by atoms with E-state index in [1.54, 1.807) is 0 Å². The molecule has 1 heteroatoms. The van der Waals surface area contributed by atoms with Crippen molar-refractivity contribution >= 4 is 0 Å². The van der Waals surface area contributed by atoms with Crippen LogP contribution in [0.5, 0.6) is 0 Å². The Balaban J connectivity index is 1.96. The van der Waals surface area contributed by atoms with Gasteiger partial charge in [0.2, 0.25) is 0 Å². The highest BCUT2D eigenvalue weighted by molar-refractivity contribution is 4.75. The predicted octanol–water partition coefficient (Wildman–Crippen LogP) is 2.59. The lowest BCUT2D eigenvalue weighted by molar-refractivity contribution is 0.474. The van der Waals surface area contributed by atoms with Crippen LogP contribution < -0.4 is 5.32 Å². The molecule has 0 bridgehead atoms. The molecule has 0 aromatic heterocycles. The second-order valence-electron chi connectivity index (χ2n) is 4.07. The zero-order valence-electron chi connectivity index (χ0n) is 8.18. The van der Waals surface area contributed by atoms with Gasteiger partial charge in [-0.1, -0.05) is 19.4 Å². The van der Waals surface area contributed by atoms with Gasteiger partial charge in [0.05, 0.1) is 0 Å². The monoisotopic (exact) mass is 167 g/mol. The Labute approximate surface area is 76.2 Å². The third kappa shape index (κ3) is 3.40. The normalized spacial score (nSPS) is 29.1. The molecule has 0 radical (unpaired) electrons. The van der Waals surface area contributed by atoms with Gasteiger partial charge in [0.15, 0.2) is 0 Å². The zero-order chi connectivity index (χ0) is 8.81. The maximum atomic E-state index is 3.70. The Morgan fingerprint density at radius 1 is 1.50 bits per heavy atom. The standard InChI is InChI=1S/C11H21N/c1-3-4-7-12-9-11-6-5-10(2)8-11/h3,10-12H,1,4-9H2,2H3.